The number of unbranched alkanes of at least 4 members (excludes halogenated alkanes) is 1. The Bertz CT molecular complexity index is 503. The van der Waals surface area contributed by atoms with Crippen LogP contribution in [-0.4, -0.2) is 38.7 Å². The molecule has 1 aromatic rings. The van der Waals surface area contributed by atoms with Crippen molar-refractivity contribution in [2.45, 2.75) is 26.7 Å². The summed E-state index contributed by atoms with van der Waals surface area (Å²) >= 11 is 0. The molecule has 6 nitrogen and oxygen atoms in total. The van der Waals surface area contributed by atoms with Crippen molar-refractivity contribution < 1.29 is 14.3 Å². The number of hydrogen-bond donors (Lipinski definition) is 3. The predicted molar refractivity (Wildman–Crippen MR) is 87.3 cm³/mol. The number of rotatable bonds is 8. The molecule has 0 aliphatic heterocycles. The molecule has 0 heterocycles. The van der Waals surface area contributed by atoms with Gasteiger partial charge in [0.15, 0.2) is 0 Å². The number of benzene rings is 1. The lowest BCUT2D eigenvalue weighted by Crippen LogP contribution is -2.30. The average Bonchev–Trinajstić information content (AvgIpc) is 2.52. The molecule has 0 aromatic heterocycles. The molecule has 0 bridgehead atoms. The number of urea groups is 1. The van der Waals surface area contributed by atoms with E-state index in [9.17, 15) is 9.59 Å². The van der Waals surface area contributed by atoms with E-state index in [2.05, 4.69) is 16.0 Å². The monoisotopic (exact) mass is 307 g/mol. The van der Waals surface area contributed by atoms with Gasteiger partial charge in [0.05, 0.1) is 0 Å². The van der Waals surface area contributed by atoms with Gasteiger partial charge in [0, 0.05) is 38.1 Å². The molecular formula is C16H25N3O3. The van der Waals surface area contributed by atoms with Gasteiger partial charge in [-0.05, 0) is 50.5 Å². The molecule has 122 valence electrons. The maximum Gasteiger partial charge on any atom is 0.319 e. The summed E-state index contributed by atoms with van der Waals surface area (Å²) in [6, 6.07) is 4.92. The molecule has 0 saturated carbocycles. The minimum atomic E-state index is -0.243. The molecule has 3 N–H and O–H groups in total. The van der Waals surface area contributed by atoms with Crippen LogP contribution in [0, 0.1) is 6.92 Å². The van der Waals surface area contributed by atoms with Gasteiger partial charge in [-0.15, -0.1) is 0 Å². The van der Waals surface area contributed by atoms with Crippen molar-refractivity contribution >= 4 is 17.6 Å². The zero-order chi connectivity index (χ0) is 16.4. The minimum Gasteiger partial charge on any atom is -0.382 e. The second-order valence-corrected chi connectivity index (χ2v) is 4.89. The number of amides is 3. The van der Waals surface area contributed by atoms with Crippen LogP contribution in [-0.2, 0) is 4.74 Å². The van der Waals surface area contributed by atoms with Gasteiger partial charge >= 0.3 is 6.03 Å². The Morgan fingerprint density at radius 1 is 1.23 bits per heavy atom. The summed E-state index contributed by atoms with van der Waals surface area (Å²) in [6.45, 7) is 5.86. The van der Waals surface area contributed by atoms with E-state index in [1.807, 2.05) is 13.8 Å². The first kappa shape index (κ1) is 18.0. The van der Waals surface area contributed by atoms with Crippen LogP contribution in [0.25, 0.3) is 0 Å². The van der Waals surface area contributed by atoms with Crippen LogP contribution in [0.2, 0.25) is 0 Å². The first-order valence-electron chi connectivity index (χ1n) is 7.53. The van der Waals surface area contributed by atoms with Gasteiger partial charge in [0.1, 0.15) is 0 Å². The highest BCUT2D eigenvalue weighted by Crippen LogP contribution is 2.16. The SMILES string of the molecule is CCOCCCCNC(=O)Nc1ccc(C(=O)NC)cc1C. The molecule has 3 amide bonds. The Morgan fingerprint density at radius 2 is 2.00 bits per heavy atom. The molecule has 22 heavy (non-hydrogen) atoms. The Balaban J connectivity index is 2.39. The Morgan fingerprint density at radius 3 is 2.64 bits per heavy atom. The molecule has 6 heteroatoms. The lowest BCUT2D eigenvalue weighted by Gasteiger charge is -2.11. The van der Waals surface area contributed by atoms with E-state index >= 15 is 0 Å². The molecular weight excluding hydrogens is 282 g/mol. The van der Waals surface area contributed by atoms with E-state index in [4.69, 9.17) is 4.74 Å². The normalized spacial score (nSPS) is 10.1. The maximum absolute atomic E-state index is 11.8. The van der Waals surface area contributed by atoms with E-state index in [1.165, 1.54) is 0 Å². The Labute approximate surface area is 131 Å². The molecule has 0 atom stereocenters. The summed E-state index contributed by atoms with van der Waals surface area (Å²) in [5.41, 5.74) is 2.11. The number of carbonyl (C=O) groups excluding carboxylic acids is 2. The van der Waals surface area contributed by atoms with Gasteiger partial charge in [0.25, 0.3) is 5.91 Å². The van der Waals surface area contributed by atoms with Crippen molar-refractivity contribution in [1.29, 1.82) is 0 Å². The third kappa shape index (κ3) is 6.13. The van der Waals surface area contributed by atoms with Crippen LogP contribution >= 0.6 is 0 Å². The van der Waals surface area contributed by atoms with Crippen LogP contribution in [0.5, 0.6) is 0 Å². The summed E-state index contributed by atoms with van der Waals surface area (Å²) in [6.07, 6.45) is 1.80. The molecule has 0 unspecified atom stereocenters. The smallest absolute Gasteiger partial charge is 0.319 e. The van der Waals surface area contributed by atoms with E-state index in [-0.39, 0.29) is 11.9 Å². The molecule has 0 fully saturated rings. The van der Waals surface area contributed by atoms with E-state index < -0.39 is 0 Å². The topological polar surface area (TPSA) is 79.5 Å². The molecule has 0 saturated heterocycles. The van der Waals surface area contributed by atoms with Gasteiger partial charge in [0.2, 0.25) is 0 Å². The minimum absolute atomic E-state index is 0.145. The van der Waals surface area contributed by atoms with Crippen molar-refractivity contribution in [3.63, 3.8) is 0 Å². The fourth-order valence-electron chi connectivity index (χ4n) is 1.93. The van der Waals surface area contributed by atoms with E-state index in [0.717, 1.165) is 31.6 Å². The number of hydrogen-bond acceptors (Lipinski definition) is 3. The van der Waals surface area contributed by atoms with Crippen molar-refractivity contribution in [2.75, 3.05) is 32.1 Å². The zero-order valence-corrected chi connectivity index (χ0v) is 13.5. The fraction of sp³-hybridized carbons (Fsp3) is 0.500. The zero-order valence-electron chi connectivity index (χ0n) is 13.5. The summed E-state index contributed by atoms with van der Waals surface area (Å²) in [4.78, 5) is 23.3. The quantitative estimate of drug-likeness (QED) is 0.645. The van der Waals surface area contributed by atoms with Gasteiger partial charge < -0.3 is 20.7 Å². The van der Waals surface area contributed by atoms with Gasteiger partial charge in [-0.25, -0.2) is 4.79 Å². The van der Waals surface area contributed by atoms with Gasteiger partial charge in [-0.2, -0.15) is 0 Å². The van der Waals surface area contributed by atoms with Gasteiger partial charge in [-0.1, -0.05) is 0 Å². The number of anilines is 1. The summed E-state index contributed by atoms with van der Waals surface area (Å²) in [5, 5.41) is 8.15. The van der Waals surface area contributed by atoms with Crippen LogP contribution in [0.1, 0.15) is 35.7 Å². The van der Waals surface area contributed by atoms with Crippen LogP contribution < -0.4 is 16.0 Å². The third-order valence-electron chi connectivity index (χ3n) is 3.17. The number of nitrogens with one attached hydrogen (secondary N) is 3. The fourth-order valence-corrected chi connectivity index (χ4v) is 1.93. The first-order chi connectivity index (χ1) is 10.6. The second kappa shape index (κ2) is 9.78. The molecule has 0 spiro atoms. The van der Waals surface area contributed by atoms with E-state index in [1.54, 1.807) is 25.2 Å². The Hall–Kier alpha value is -2.08. The van der Waals surface area contributed by atoms with Crippen molar-refractivity contribution in [3.05, 3.63) is 29.3 Å². The van der Waals surface area contributed by atoms with E-state index in [0.29, 0.717) is 17.8 Å². The molecule has 0 radical (unpaired) electrons. The van der Waals surface area contributed by atoms with Crippen molar-refractivity contribution in [3.8, 4) is 0 Å². The molecule has 1 rings (SSSR count). The maximum atomic E-state index is 11.8. The summed E-state index contributed by atoms with van der Waals surface area (Å²) < 4.78 is 5.23. The molecule has 0 aliphatic rings. The van der Waals surface area contributed by atoms with Crippen molar-refractivity contribution in [1.82, 2.24) is 10.6 Å². The highest BCUT2D eigenvalue weighted by atomic mass is 16.5. The lowest BCUT2D eigenvalue weighted by atomic mass is 10.1. The second-order valence-electron chi connectivity index (χ2n) is 4.89. The predicted octanol–water partition coefficient (Wildman–Crippen LogP) is 2.29. The molecule has 0 aliphatic carbocycles. The molecule has 1 aromatic carbocycles. The summed E-state index contributed by atoms with van der Waals surface area (Å²) in [7, 11) is 1.59. The average molecular weight is 307 g/mol. The first-order valence-corrected chi connectivity index (χ1v) is 7.53. The highest BCUT2D eigenvalue weighted by Gasteiger charge is 2.08. The standard InChI is InChI=1S/C16H25N3O3/c1-4-22-10-6-5-9-18-16(21)19-14-8-7-13(11-12(14)2)15(20)17-3/h7-8,11H,4-6,9-10H2,1-3H3,(H,17,20)(H2,18,19,21). The van der Waals surface area contributed by atoms with Crippen LogP contribution in [0.4, 0.5) is 10.5 Å². The Kier molecular flexibility index (Phi) is 7.99. The van der Waals surface area contributed by atoms with Crippen molar-refractivity contribution in [2.24, 2.45) is 0 Å². The lowest BCUT2D eigenvalue weighted by molar-refractivity contribution is 0.0963. The third-order valence-corrected chi connectivity index (χ3v) is 3.17. The highest BCUT2D eigenvalue weighted by molar-refractivity contribution is 5.96. The van der Waals surface area contributed by atoms with Gasteiger partial charge in [-0.3, -0.25) is 4.79 Å². The number of carbonyl (C=O) groups is 2. The largest absolute Gasteiger partial charge is 0.382 e. The number of aryl methyl sites for hydroxylation is 1. The van der Waals surface area contributed by atoms with Crippen LogP contribution in [0.3, 0.4) is 0 Å². The number of ether oxygens (including phenoxy) is 1. The van der Waals surface area contributed by atoms with Crippen LogP contribution in [0.15, 0.2) is 18.2 Å². The summed E-state index contributed by atoms with van der Waals surface area (Å²) in [5.74, 6) is -0.145.